The van der Waals surface area contributed by atoms with Crippen LogP contribution in [0, 0.1) is 5.92 Å². The Balaban J connectivity index is 1.49. The van der Waals surface area contributed by atoms with Gasteiger partial charge in [-0.1, -0.05) is 57.2 Å². The number of pyridine rings is 1. The van der Waals surface area contributed by atoms with E-state index in [-0.39, 0.29) is 18.5 Å². The van der Waals surface area contributed by atoms with Crippen molar-refractivity contribution >= 4 is 11.9 Å². The number of imide groups is 1. The summed E-state index contributed by atoms with van der Waals surface area (Å²) in [4.78, 5) is 37.1. The van der Waals surface area contributed by atoms with Crippen molar-refractivity contribution in [1.29, 1.82) is 0 Å². The van der Waals surface area contributed by atoms with Crippen LogP contribution in [0.4, 0.5) is 4.79 Å². The van der Waals surface area contributed by atoms with Crippen molar-refractivity contribution in [2.45, 2.75) is 51.6 Å². The van der Waals surface area contributed by atoms with Gasteiger partial charge in [-0.2, -0.15) is 0 Å². The fraction of sp³-hybridized carbons (Fsp3) is 0.500. The second-order valence-corrected chi connectivity index (χ2v) is 9.64. The molecule has 1 unspecified atom stereocenters. The number of urea groups is 1. The first-order valence-electron chi connectivity index (χ1n) is 11.7. The molecule has 6 nitrogen and oxygen atoms in total. The molecule has 1 aromatic carbocycles. The maximum Gasteiger partial charge on any atom is 0.328 e. The molecule has 0 bridgehead atoms. The molecule has 0 radical (unpaired) electrons. The van der Waals surface area contributed by atoms with Gasteiger partial charge in [0.05, 0.1) is 12.2 Å². The normalized spacial score (nSPS) is 19.9. The molecular weight excluding hydrogens is 400 g/mol. The van der Waals surface area contributed by atoms with Crippen LogP contribution in [0.2, 0.25) is 0 Å². The monoisotopic (exact) mass is 434 g/mol. The van der Waals surface area contributed by atoms with Crippen molar-refractivity contribution in [2.75, 3.05) is 26.2 Å². The summed E-state index contributed by atoms with van der Waals surface area (Å²) in [7, 11) is 0. The smallest absolute Gasteiger partial charge is 0.309 e. The minimum atomic E-state index is -0.720. The third kappa shape index (κ3) is 4.42. The zero-order valence-electron chi connectivity index (χ0n) is 19.4. The van der Waals surface area contributed by atoms with Gasteiger partial charge in [0.25, 0.3) is 5.91 Å². The van der Waals surface area contributed by atoms with E-state index in [1.165, 1.54) is 10.5 Å². The molecule has 2 saturated heterocycles. The molecule has 0 saturated carbocycles. The molecule has 1 atom stereocenters. The number of carbonyl (C=O) groups is 2. The Bertz CT molecular complexity index is 923. The number of likely N-dealkylation sites (tertiary alicyclic amines) is 1. The standard InChI is InChI=1S/C26H34N4O2/c1-20(2)17-30-25(32)29(19-23-11-7-8-14-27-23)24(31)26(30)12-15-28(16-13-26)18-21(3)22-9-5-4-6-10-22/h4-11,14,20-21H,12-13,15-19H2,1-3H3. The largest absolute Gasteiger partial charge is 0.328 e. The summed E-state index contributed by atoms with van der Waals surface area (Å²) in [5.74, 6) is 0.678. The maximum atomic E-state index is 13.7. The molecule has 3 heterocycles. The average Bonchev–Trinajstić information content (AvgIpc) is 2.98. The zero-order chi connectivity index (χ0) is 22.7. The highest BCUT2D eigenvalue weighted by Gasteiger charge is 2.57. The van der Waals surface area contributed by atoms with Crippen LogP contribution in [0.1, 0.15) is 50.8 Å². The molecule has 2 fully saturated rings. The van der Waals surface area contributed by atoms with Crippen molar-refractivity contribution in [3.63, 3.8) is 0 Å². The molecule has 2 aliphatic heterocycles. The lowest BCUT2D eigenvalue weighted by Gasteiger charge is -2.43. The van der Waals surface area contributed by atoms with E-state index in [0.717, 1.165) is 25.3 Å². The minimum absolute atomic E-state index is 0.0513. The van der Waals surface area contributed by atoms with Crippen molar-refractivity contribution in [1.82, 2.24) is 19.7 Å². The third-order valence-electron chi connectivity index (χ3n) is 6.80. The first-order valence-corrected chi connectivity index (χ1v) is 11.7. The summed E-state index contributed by atoms with van der Waals surface area (Å²) < 4.78 is 0. The van der Waals surface area contributed by atoms with Crippen molar-refractivity contribution in [3.05, 3.63) is 66.0 Å². The fourth-order valence-electron chi connectivity index (χ4n) is 5.06. The molecule has 3 amide bonds. The van der Waals surface area contributed by atoms with Crippen molar-refractivity contribution < 1.29 is 9.59 Å². The van der Waals surface area contributed by atoms with Gasteiger partial charge in [0.2, 0.25) is 0 Å². The highest BCUT2D eigenvalue weighted by atomic mass is 16.2. The molecular formula is C26H34N4O2. The van der Waals surface area contributed by atoms with Gasteiger partial charge in [0.15, 0.2) is 0 Å². The van der Waals surface area contributed by atoms with Crippen LogP contribution in [0.3, 0.4) is 0 Å². The topological polar surface area (TPSA) is 56.8 Å². The molecule has 32 heavy (non-hydrogen) atoms. The van der Waals surface area contributed by atoms with Gasteiger partial charge >= 0.3 is 6.03 Å². The number of benzene rings is 1. The van der Waals surface area contributed by atoms with Crippen LogP contribution in [0.15, 0.2) is 54.7 Å². The third-order valence-corrected chi connectivity index (χ3v) is 6.80. The van der Waals surface area contributed by atoms with Gasteiger partial charge in [-0.05, 0) is 42.4 Å². The lowest BCUT2D eigenvalue weighted by Crippen LogP contribution is -2.57. The molecule has 0 N–H and O–H groups in total. The van der Waals surface area contributed by atoms with E-state index in [1.54, 1.807) is 6.20 Å². The van der Waals surface area contributed by atoms with Crippen LogP contribution in [0.25, 0.3) is 0 Å². The highest BCUT2D eigenvalue weighted by Crippen LogP contribution is 2.38. The Labute approximate surface area is 191 Å². The Morgan fingerprint density at radius 2 is 1.62 bits per heavy atom. The molecule has 1 spiro atoms. The number of hydrogen-bond donors (Lipinski definition) is 0. The van der Waals surface area contributed by atoms with Crippen LogP contribution in [-0.2, 0) is 11.3 Å². The summed E-state index contributed by atoms with van der Waals surface area (Å²) in [6.45, 7) is 9.90. The number of rotatable bonds is 7. The van der Waals surface area contributed by atoms with E-state index in [2.05, 4.69) is 54.9 Å². The summed E-state index contributed by atoms with van der Waals surface area (Å²) in [6.07, 6.45) is 3.07. The van der Waals surface area contributed by atoms with Crippen molar-refractivity contribution in [3.8, 4) is 0 Å². The Morgan fingerprint density at radius 3 is 2.25 bits per heavy atom. The number of amides is 3. The van der Waals surface area contributed by atoms with E-state index in [4.69, 9.17) is 0 Å². The quantitative estimate of drug-likeness (QED) is 0.615. The number of carbonyl (C=O) groups excluding carboxylic acids is 2. The maximum absolute atomic E-state index is 13.7. The molecule has 2 aromatic rings. The second kappa shape index (κ2) is 9.41. The SMILES string of the molecule is CC(C)CN1C(=O)N(Cc2ccccn2)C(=O)C12CCN(CC(C)c1ccccc1)CC2. The van der Waals surface area contributed by atoms with Crippen LogP contribution in [0.5, 0.6) is 0 Å². The lowest BCUT2D eigenvalue weighted by atomic mass is 9.84. The first kappa shape index (κ1) is 22.5. The predicted molar refractivity (Wildman–Crippen MR) is 125 cm³/mol. The summed E-state index contributed by atoms with van der Waals surface area (Å²) in [5, 5.41) is 0. The lowest BCUT2D eigenvalue weighted by molar-refractivity contribution is -0.136. The van der Waals surface area contributed by atoms with Crippen LogP contribution in [-0.4, -0.2) is 63.3 Å². The second-order valence-electron chi connectivity index (χ2n) is 9.64. The van der Waals surface area contributed by atoms with Gasteiger partial charge in [0.1, 0.15) is 5.54 Å². The van der Waals surface area contributed by atoms with E-state index >= 15 is 0 Å². The average molecular weight is 435 g/mol. The number of piperidine rings is 1. The highest BCUT2D eigenvalue weighted by molar-refractivity contribution is 6.07. The first-order chi connectivity index (χ1) is 15.4. The van der Waals surface area contributed by atoms with Gasteiger partial charge in [0, 0.05) is 32.4 Å². The Morgan fingerprint density at radius 1 is 0.938 bits per heavy atom. The van der Waals surface area contributed by atoms with Gasteiger partial charge in [-0.15, -0.1) is 0 Å². The van der Waals surface area contributed by atoms with Crippen LogP contribution >= 0.6 is 0 Å². The van der Waals surface area contributed by atoms with Gasteiger partial charge in [-0.3, -0.25) is 14.7 Å². The van der Waals surface area contributed by atoms with E-state index in [1.807, 2.05) is 29.2 Å². The Kier molecular flexibility index (Phi) is 6.60. The fourth-order valence-corrected chi connectivity index (χ4v) is 5.06. The van der Waals surface area contributed by atoms with E-state index < -0.39 is 5.54 Å². The van der Waals surface area contributed by atoms with E-state index in [9.17, 15) is 9.59 Å². The summed E-state index contributed by atoms with van der Waals surface area (Å²) in [5.41, 5.74) is 1.36. The molecule has 170 valence electrons. The summed E-state index contributed by atoms with van der Waals surface area (Å²) in [6, 6.07) is 16.0. The zero-order valence-corrected chi connectivity index (χ0v) is 19.4. The minimum Gasteiger partial charge on any atom is -0.309 e. The number of hydrogen-bond acceptors (Lipinski definition) is 4. The van der Waals surface area contributed by atoms with Gasteiger partial charge in [-0.25, -0.2) is 4.79 Å². The van der Waals surface area contributed by atoms with Crippen molar-refractivity contribution in [2.24, 2.45) is 5.92 Å². The molecule has 2 aliphatic rings. The summed E-state index contributed by atoms with van der Waals surface area (Å²) >= 11 is 0. The molecule has 1 aromatic heterocycles. The molecule has 6 heteroatoms. The van der Waals surface area contributed by atoms with Crippen LogP contribution < -0.4 is 0 Å². The predicted octanol–water partition coefficient (Wildman–Crippen LogP) is 4.14. The van der Waals surface area contributed by atoms with Gasteiger partial charge < -0.3 is 9.80 Å². The Hall–Kier alpha value is -2.73. The molecule has 4 rings (SSSR count). The number of nitrogens with zero attached hydrogens (tertiary/aromatic N) is 4. The van der Waals surface area contributed by atoms with E-state index in [0.29, 0.717) is 31.2 Å². The number of aromatic nitrogens is 1. The molecule has 0 aliphatic carbocycles.